The van der Waals surface area contributed by atoms with Crippen LogP contribution in [0, 0.1) is 5.92 Å². The summed E-state index contributed by atoms with van der Waals surface area (Å²) in [5, 5.41) is 25.2. The van der Waals surface area contributed by atoms with Crippen LogP contribution in [0.3, 0.4) is 0 Å². The summed E-state index contributed by atoms with van der Waals surface area (Å²) >= 11 is 3.86. The fourth-order valence-electron chi connectivity index (χ4n) is 1.85. The Hall–Kier alpha value is -1.85. The van der Waals surface area contributed by atoms with Gasteiger partial charge in [-0.2, -0.15) is 12.6 Å². The number of aliphatic hydroxyl groups excluding tert-OH is 1. The molecule has 0 aliphatic carbocycles. The number of hydrogen-bond donors (Lipinski definition) is 7. The number of nitrogens with one attached hydrogen (secondary N) is 3. The zero-order chi connectivity index (χ0) is 19.6. The largest absolute Gasteiger partial charge is 0.480 e. The predicted molar refractivity (Wildman–Crippen MR) is 92.9 cm³/mol. The molecule has 0 aromatic heterocycles. The average Bonchev–Trinajstić information content (AvgIpc) is 2.60. The first kappa shape index (κ1) is 23.1. The van der Waals surface area contributed by atoms with E-state index in [0.717, 1.165) is 0 Å². The highest BCUT2D eigenvalue weighted by Crippen LogP contribution is 2.09. The first-order chi connectivity index (χ1) is 11.7. The lowest BCUT2D eigenvalue weighted by Gasteiger charge is -2.27. The van der Waals surface area contributed by atoms with Gasteiger partial charge in [-0.15, -0.1) is 0 Å². The van der Waals surface area contributed by atoms with Gasteiger partial charge in [-0.1, -0.05) is 20.3 Å². The van der Waals surface area contributed by atoms with Crippen LogP contribution in [0.25, 0.3) is 0 Å². The Labute approximate surface area is 151 Å². The Morgan fingerprint density at radius 1 is 1.08 bits per heavy atom. The fraction of sp³-hybridized carbons (Fsp3) is 0.714. The van der Waals surface area contributed by atoms with E-state index in [4.69, 9.17) is 10.8 Å². The predicted octanol–water partition coefficient (Wildman–Crippen LogP) is -2.55. The average molecular weight is 378 g/mol. The number of aliphatic carboxylic acids is 1. The number of carbonyl (C=O) groups excluding carboxylic acids is 3. The maximum absolute atomic E-state index is 12.3. The topological polar surface area (TPSA) is 171 Å². The molecule has 4 unspecified atom stereocenters. The fourth-order valence-corrected chi connectivity index (χ4v) is 2.10. The molecule has 0 aliphatic rings. The van der Waals surface area contributed by atoms with Gasteiger partial charge in [0.2, 0.25) is 17.7 Å². The molecule has 25 heavy (non-hydrogen) atoms. The summed E-state index contributed by atoms with van der Waals surface area (Å²) in [5.74, 6) is -3.79. The van der Waals surface area contributed by atoms with E-state index >= 15 is 0 Å². The van der Waals surface area contributed by atoms with E-state index in [1.165, 1.54) is 0 Å². The van der Waals surface area contributed by atoms with Crippen LogP contribution < -0.4 is 21.7 Å². The number of thiol groups is 1. The maximum atomic E-state index is 12.3. The molecular formula is C14H26N4O6S. The molecule has 7 N–H and O–H groups in total. The van der Waals surface area contributed by atoms with E-state index < -0.39 is 48.4 Å². The molecule has 0 heterocycles. The van der Waals surface area contributed by atoms with Crippen LogP contribution in [0.15, 0.2) is 0 Å². The van der Waals surface area contributed by atoms with E-state index in [2.05, 4.69) is 28.6 Å². The Balaban J connectivity index is 5.14. The summed E-state index contributed by atoms with van der Waals surface area (Å²) in [7, 11) is 0. The smallest absolute Gasteiger partial charge is 0.327 e. The molecule has 0 rings (SSSR count). The third kappa shape index (κ3) is 7.71. The van der Waals surface area contributed by atoms with Crippen molar-refractivity contribution in [1.29, 1.82) is 0 Å². The molecule has 0 fully saturated rings. The summed E-state index contributed by atoms with van der Waals surface area (Å²) in [4.78, 5) is 46.9. The third-order valence-corrected chi connectivity index (χ3v) is 3.98. The number of carboxylic acids is 1. The number of carboxylic acid groups (broad SMARTS) is 1. The molecule has 4 atom stereocenters. The quantitative estimate of drug-likeness (QED) is 0.194. The molecule has 0 saturated heterocycles. The van der Waals surface area contributed by atoms with Crippen LogP contribution in [0.5, 0.6) is 0 Å². The van der Waals surface area contributed by atoms with Crippen LogP contribution in [-0.2, 0) is 19.2 Å². The third-order valence-electron chi connectivity index (χ3n) is 3.61. The first-order valence-electron chi connectivity index (χ1n) is 7.76. The Bertz CT molecular complexity index is 490. The second-order valence-corrected chi connectivity index (χ2v) is 5.83. The van der Waals surface area contributed by atoms with Gasteiger partial charge in [0.1, 0.15) is 18.1 Å². The van der Waals surface area contributed by atoms with Gasteiger partial charge in [0.15, 0.2) is 0 Å². The van der Waals surface area contributed by atoms with Gasteiger partial charge < -0.3 is 31.9 Å². The van der Waals surface area contributed by atoms with Crippen molar-refractivity contribution in [2.75, 3.05) is 18.9 Å². The zero-order valence-electron chi connectivity index (χ0n) is 14.2. The lowest BCUT2D eigenvalue weighted by Crippen LogP contribution is -2.59. The highest BCUT2D eigenvalue weighted by atomic mass is 32.1. The minimum Gasteiger partial charge on any atom is -0.480 e. The molecule has 0 saturated carbocycles. The summed E-state index contributed by atoms with van der Waals surface area (Å²) in [6.45, 7) is 2.46. The van der Waals surface area contributed by atoms with E-state index in [9.17, 15) is 24.3 Å². The number of nitrogens with two attached hydrogens (primary N) is 1. The Morgan fingerprint density at radius 2 is 1.68 bits per heavy atom. The summed E-state index contributed by atoms with van der Waals surface area (Å²) < 4.78 is 0. The maximum Gasteiger partial charge on any atom is 0.327 e. The number of rotatable bonds is 11. The van der Waals surface area contributed by atoms with Gasteiger partial charge >= 0.3 is 5.97 Å². The van der Waals surface area contributed by atoms with Gasteiger partial charge in [0, 0.05) is 5.75 Å². The number of carbonyl (C=O) groups is 4. The summed E-state index contributed by atoms with van der Waals surface area (Å²) in [5.41, 5.74) is 5.14. The van der Waals surface area contributed by atoms with Crippen molar-refractivity contribution in [2.24, 2.45) is 11.7 Å². The van der Waals surface area contributed by atoms with Crippen LogP contribution in [-0.4, -0.2) is 70.9 Å². The van der Waals surface area contributed by atoms with Crippen molar-refractivity contribution in [3.63, 3.8) is 0 Å². The van der Waals surface area contributed by atoms with E-state index in [1.807, 2.05) is 0 Å². The Morgan fingerprint density at radius 3 is 2.08 bits per heavy atom. The minimum absolute atomic E-state index is 0.117. The van der Waals surface area contributed by atoms with Crippen molar-refractivity contribution in [3.8, 4) is 0 Å². The second-order valence-electron chi connectivity index (χ2n) is 5.46. The van der Waals surface area contributed by atoms with Crippen LogP contribution >= 0.6 is 12.6 Å². The normalized spacial score (nSPS) is 15.4. The van der Waals surface area contributed by atoms with Gasteiger partial charge in [0.05, 0.1) is 13.2 Å². The van der Waals surface area contributed by atoms with E-state index in [0.29, 0.717) is 6.42 Å². The van der Waals surface area contributed by atoms with E-state index in [-0.39, 0.29) is 18.2 Å². The minimum atomic E-state index is -1.27. The molecule has 10 nitrogen and oxygen atoms in total. The number of hydrogen-bond acceptors (Lipinski definition) is 7. The highest BCUT2D eigenvalue weighted by molar-refractivity contribution is 7.80. The van der Waals surface area contributed by atoms with Crippen molar-refractivity contribution in [2.45, 2.75) is 38.4 Å². The van der Waals surface area contributed by atoms with Crippen molar-refractivity contribution in [1.82, 2.24) is 16.0 Å². The van der Waals surface area contributed by atoms with Crippen molar-refractivity contribution < 1.29 is 29.4 Å². The SMILES string of the molecule is CCC(C)C(NC(=O)C(CO)NC(=O)CN)C(=O)NC(CS)C(=O)O. The van der Waals surface area contributed by atoms with Crippen LogP contribution in [0.4, 0.5) is 0 Å². The monoisotopic (exact) mass is 378 g/mol. The van der Waals surface area contributed by atoms with E-state index in [1.54, 1.807) is 13.8 Å². The molecule has 0 radical (unpaired) electrons. The van der Waals surface area contributed by atoms with Gasteiger partial charge in [0.25, 0.3) is 0 Å². The molecule has 0 aromatic rings. The molecule has 0 aromatic carbocycles. The molecule has 0 aliphatic heterocycles. The molecule has 0 spiro atoms. The lowest BCUT2D eigenvalue weighted by molar-refractivity contribution is -0.142. The summed E-state index contributed by atoms with van der Waals surface area (Å²) in [6, 6.07) is -3.51. The van der Waals surface area contributed by atoms with Gasteiger partial charge in [-0.25, -0.2) is 4.79 Å². The first-order valence-corrected chi connectivity index (χ1v) is 8.39. The van der Waals surface area contributed by atoms with Crippen LogP contribution in [0.2, 0.25) is 0 Å². The number of aliphatic hydroxyl groups is 1. The van der Waals surface area contributed by atoms with Gasteiger partial charge in [-0.3, -0.25) is 14.4 Å². The standard InChI is InChI=1S/C14H26N4O6S/c1-3-7(2)11(13(22)17-9(6-25)14(23)24)18-12(21)8(5-19)16-10(20)4-15/h7-9,11,19,25H,3-6,15H2,1-2H3,(H,16,20)(H,17,22)(H,18,21)(H,23,24). The second kappa shape index (κ2) is 11.7. The van der Waals surface area contributed by atoms with Gasteiger partial charge in [-0.05, 0) is 5.92 Å². The molecule has 144 valence electrons. The molecular weight excluding hydrogens is 352 g/mol. The van der Waals surface area contributed by atoms with Crippen molar-refractivity contribution in [3.05, 3.63) is 0 Å². The lowest BCUT2D eigenvalue weighted by atomic mass is 9.97. The zero-order valence-corrected chi connectivity index (χ0v) is 15.1. The Kier molecular flexibility index (Phi) is 10.8. The molecule has 11 heteroatoms. The van der Waals surface area contributed by atoms with Crippen molar-refractivity contribution >= 4 is 36.3 Å². The summed E-state index contributed by atoms with van der Waals surface area (Å²) in [6.07, 6.45) is 0.524. The van der Waals surface area contributed by atoms with Crippen LogP contribution in [0.1, 0.15) is 20.3 Å². The molecule has 0 bridgehead atoms. The highest BCUT2D eigenvalue weighted by Gasteiger charge is 2.31. The number of amides is 3. The molecule has 3 amide bonds.